The summed E-state index contributed by atoms with van der Waals surface area (Å²) >= 11 is 0. The van der Waals surface area contributed by atoms with E-state index in [0.29, 0.717) is 34.7 Å². The molecule has 1 aliphatic heterocycles. The summed E-state index contributed by atoms with van der Waals surface area (Å²) < 4.78 is 87.5. The van der Waals surface area contributed by atoms with Crippen molar-refractivity contribution in [2.45, 2.75) is 69.9 Å². The van der Waals surface area contributed by atoms with Crippen LogP contribution in [0.25, 0.3) is 22.6 Å². The van der Waals surface area contributed by atoms with Gasteiger partial charge in [0, 0.05) is 29.9 Å². The van der Waals surface area contributed by atoms with Gasteiger partial charge in [-0.15, -0.1) is 0 Å². The third-order valence-corrected chi connectivity index (χ3v) is 7.50. The van der Waals surface area contributed by atoms with E-state index >= 15 is 0 Å². The van der Waals surface area contributed by atoms with E-state index in [1.165, 1.54) is 17.8 Å². The Labute approximate surface area is 236 Å². The van der Waals surface area contributed by atoms with E-state index in [4.69, 9.17) is 9.84 Å². The lowest BCUT2D eigenvalue weighted by molar-refractivity contribution is -0.140. The fourth-order valence-electron chi connectivity index (χ4n) is 5.29. The minimum absolute atomic E-state index is 0.0257. The maximum Gasteiger partial charge on any atom is 0.434 e. The number of benzene rings is 1. The highest BCUT2D eigenvalue weighted by atomic mass is 19.4. The Kier molecular flexibility index (Phi) is 7.31. The number of nitrogens with zero attached hydrogens (tertiary/aromatic N) is 6. The molecule has 0 bridgehead atoms. The number of ether oxygens (including phenoxy) is 1. The van der Waals surface area contributed by atoms with Gasteiger partial charge in [0.2, 0.25) is 5.88 Å². The highest BCUT2D eigenvalue weighted by Gasteiger charge is 2.36. The second-order valence-electron chi connectivity index (χ2n) is 10.5. The highest BCUT2D eigenvalue weighted by Crippen LogP contribution is 2.46. The topological polar surface area (TPSA) is 82.7 Å². The molecule has 1 saturated carbocycles. The van der Waals surface area contributed by atoms with Gasteiger partial charge in [-0.05, 0) is 62.9 Å². The van der Waals surface area contributed by atoms with Crippen molar-refractivity contribution in [1.29, 1.82) is 0 Å². The van der Waals surface area contributed by atoms with Crippen LogP contribution in [-0.4, -0.2) is 42.6 Å². The average molecular weight is 592 g/mol. The van der Waals surface area contributed by atoms with Crippen LogP contribution in [0.1, 0.15) is 67.7 Å². The number of fused-ring (bicyclic) bond motifs is 1. The number of alkyl halides is 6. The van der Waals surface area contributed by atoms with Gasteiger partial charge in [0.15, 0.2) is 5.69 Å². The Bertz CT molecular complexity index is 1560. The largest absolute Gasteiger partial charge is 0.434 e. The average Bonchev–Trinajstić information content (AvgIpc) is 3.54. The van der Waals surface area contributed by atoms with Crippen molar-refractivity contribution in [2.24, 2.45) is 0 Å². The van der Waals surface area contributed by atoms with Crippen LogP contribution in [0.4, 0.5) is 32.0 Å². The van der Waals surface area contributed by atoms with E-state index < -0.39 is 31.2 Å². The summed E-state index contributed by atoms with van der Waals surface area (Å²) in [5, 5.41) is 8.14. The fourth-order valence-corrected chi connectivity index (χ4v) is 5.29. The Hall–Kier alpha value is -4.10. The van der Waals surface area contributed by atoms with Crippen LogP contribution in [0.3, 0.4) is 0 Å². The van der Waals surface area contributed by atoms with E-state index in [-0.39, 0.29) is 23.7 Å². The predicted molar refractivity (Wildman–Crippen MR) is 141 cm³/mol. The summed E-state index contributed by atoms with van der Waals surface area (Å²) in [7, 11) is 0. The third-order valence-electron chi connectivity index (χ3n) is 7.50. The Balaban J connectivity index is 1.27. The smallest absolute Gasteiger partial charge is 0.416 e. The van der Waals surface area contributed by atoms with Gasteiger partial charge >= 0.3 is 12.8 Å². The molecule has 0 saturated heterocycles. The molecule has 42 heavy (non-hydrogen) atoms. The summed E-state index contributed by atoms with van der Waals surface area (Å²) in [5.74, 6) is -0.0331. The molecule has 2 unspecified atom stereocenters. The zero-order valence-electron chi connectivity index (χ0n) is 22.5. The van der Waals surface area contributed by atoms with Crippen molar-refractivity contribution in [2.75, 3.05) is 12.0 Å². The number of hydrogen-bond acceptors (Lipinski definition) is 6. The predicted octanol–water partition coefficient (Wildman–Crippen LogP) is 7.18. The first-order chi connectivity index (χ1) is 20.1. The molecule has 14 heteroatoms. The summed E-state index contributed by atoms with van der Waals surface area (Å²) in [6, 6.07) is 7.56. The zero-order chi connectivity index (χ0) is 29.6. The normalized spacial score (nSPS) is 17.8. The number of nitrogens with one attached hydrogen (secondary N) is 1. The molecule has 4 heterocycles. The lowest BCUT2D eigenvalue weighted by Gasteiger charge is -2.25. The van der Waals surface area contributed by atoms with Crippen LogP contribution >= 0.6 is 0 Å². The summed E-state index contributed by atoms with van der Waals surface area (Å²) in [6.45, 7) is -1.76. The molecule has 1 aromatic carbocycles. The molecule has 2 atom stereocenters. The van der Waals surface area contributed by atoms with Crippen LogP contribution < -0.4 is 10.1 Å². The molecule has 1 fully saturated rings. The summed E-state index contributed by atoms with van der Waals surface area (Å²) in [4.78, 5) is 12.1. The monoisotopic (exact) mass is 591 g/mol. The van der Waals surface area contributed by atoms with Gasteiger partial charge in [-0.1, -0.05) is 0 Å². The van der Waals surface area contributed by atoms with Crippen LogP contribution in [0.15, 0.2) is 42.9 Å². The van der Waals surface area contributed by atoms with Crippen LogP contribution in [-0.2, 0) is 12.7 Å². The summed E-state index contributed by atoms with van der Waals surface area (Å²) in [5.41, 5.74) is 2.36. The number of rotatable bonds is 9. The lowest BCUT2D eigenvalue weighted by atomic mass is 10.0. The number of imidazole rings is 1. The first-order valence-electron chi connectivity index (χ1n) is 13.6. The Morgan fingerprint density at radius 1 is 1.10 bits per heavy atom. The van der Waals surface area contributed by atoms with E-state index in [1.54, 1.807) is 24.3 Å². The maximum atomic E-state index is 13.4. The van der Waals surface area contributed by atoms with Gasteiger partial charge < -0.3 is 14.6 Å². The first-order valence-corrected chi connectivity index (χ1v) is 13.6. The van der Waals surface area contributed by atoms with Gasteiger partial charge in [-0.2, -0.15) is 27.1 Å². The quantitative estimate of drug-likeness (QED) is 0.208. The van der Waals surface area contributed by atoms with Crippen molar-refractivity contribution in [3.05, 3.63) is 59.9 Å². The third kappa shape index (κ3) is 5.53. The lowest BCUT2D eigenvalue weighted by Crippen LogP contribution is -2.21. The molecule has 2 aliphatic rings. The van der Waals surface area contributed by atoms with Crippen molar-refractivity contribution < 1.29 is 31.1 Å². The number of hydrogen-bond donors (Lipinski definition) is 1. The van der Waals surface area contributed by atoms with Gasteiger partial charge in [0.1, 0.15) is 18.8 Å². The molecule has 0 amide bonds. The molecular weight excluding hydrogens is 564 g/mol. The molecule has 0 radical (unpaired) electrons. The number of aromatic nitrogens is 6. The Morgan fingerprint density at radius 2 is 1.86 bits per heavy atom. The minimum Gasteiger partial charge on any atom is -0.416 e. The van der Waals surface area contributed by atoms with Gasteiger partial charge in [0.25, 0.3) is 0 Å². The number of aryl methyl sites for hydroxylation is 1. The van der Waals surface area contributed by atoms with Crippen LogP contribution in [0, 0.1) is 0 Å². The Morgan fingerprint density at radius 3 is 2.52 bits per heavy atom. The molecule has 3 aromatic heterocycles. The van der Waals surface area contributed by atoms with Crippen molar-refractivity contribution in [1.82, 2.24) is 29.3 Å². The van der Waals surface area contributed by atoms with Crippen molar-refractivity contribution in [3.8, 4) is 28.5 Å². The van der Waals surface area contributed by atoms with Crippen LogP contribution in [0.2, 0.25) is 0 Å². The maximum absolute atomic E-state index is 13.4. The van der Waals surface area contributed by atoms with E-state index in [2.05, 4.69) is 20.3 Å². The number of halogens is 6. The first kappa shape index (κ1) is 28.0. The highest BCUT2D eigenvalue weighted by molar-refractivity contribution is 5.69. The van der Waals surface area contributed by atoms with Crippen LogP contribution in [0.5, 0.6) is 5.88 Å². The zero-order valence-corrected chi connectivity index (χ0v) is 22.5. The molecular formula is C28H27F6N7O. The second-order valence-corrected chi connectivity index (χ2v) is 10.5. The molecule has 8 nitrogen and oxygen atoms in total. The molecule has 1 N–H and O–H groups in total. The van der Waals surface area contributed by atoms with Crippen molar-refractivity contribution in [3.63, 3.8) is 0 Å². The fraction of sp³-hybridized carbons (Fsp3) is 0.429. The molecule has 222 valence electrons. The molecule has 1 aliphatic carbocycles. The minimum atomic E-state index is -4.65. The molecule has 0 spiro atoms. The second kappa shape index (κ2) is 11.0. The van der Waals surface area contributed by atoms with Gasteiger partial charge in [-0.25, -0.2) is 19.3 Å². The summed E-state index contributed by atoms with van der Waals surface area (Å²) in [6.07, 6.45) is 0.778. The molecule has 4 aromatic rings. The van der Waals surface area contributed by atoms with Gasteiger partial charge in [-0.3, -0.25) is 4.68 Å². The van der Waals surface area contributed by atoms with E-state index in [9.17, 15) is 26.3 Å². The van der Waals surface area contributed by atoms with E-state index in [1.807, 2.05) is 10.7 Å². The van der Waals surface area contributed by atoms with Crippen molar-refractivity contribution >= 4 is 5.69 Å². The molecule has 6 rings (SSSR count). The standard InChI is InChI=1S/C28H27F6N7O/c1-15(12-29)40-13-22(28(32,33)34)38-25(40)17-6-8-18(9-7-17)37-19-3-2-10-41-21(19)11-20(39-41)23-24(16-4-5-16)35-14-36-26(23)42-27(30)31/h6-9,11,13-16,19,27,37H,2-5,10,12H2,1H3. The number of anilines is 1. The SMILES string of the molecule is CC(CF)n1cc(C(F)(F)F)nc1-c1ccc(NC2CCCn3nc(-c4c(OC(F)F)ncnc4C4CC4)cc32)cc1. The van der Waals surface area contributed by atoms with Gasteiger partial charge in [0.05, 0.1) is 34.7 Å². The van der Waals surface area contributed by atoms with E-state index in [0.717, 1.165) is 37.6 Å².